The standard InChI is InChI=1S/C22H18ClN3O3S/c1-14-9-10-16(13-19(14)26(28)29)21(27)20(25-11-4-3-5-12-25)22(30)24-18-8-6-7-17(23)15(18)2/h3-13H,1-2H3,(H-,24,27,30). The van der Waals surface area contributed by atoms with Crippen LogP contribution in [0.15, 0.2) is 67.0 Å². The molecule has 0 saturated heterocycles. The lowest BCUT2D eigenvalue weighted by atomic mass is 10.1. The molecule has 0 aliphatic heterocycles. The van der Waals surface area contributed by atoms with Crippen LogP contribution in [-0.4, -0.2) is 9.91 Å². The molecule has 2 aromatic carbocycles. The van der Waals surface area contributed by atoms with Gasteiger partial charge in [0.1, 0.15) is 0 Å². The molecule has 0 unspecified atom stereocenters. The van der Waals surface area contributed by atoms with Crippen molar-refractivity contribution in [3.8, 4) is 0 Å². The molecule has 0 spiro atoms. The number of nitro groups is 1. The zero-order chi connectivity index (χ0) is 21.8. The second-order valence-corrected chi connectivity index (χ2v) is 7.40. The first-order chi connectivity index (χ1) is 14.3. The third-order valence-corrected chi connectivity index (χ3v) is 5.29. The number of nitro benzene ring substituents is 1. The topological polar surface area (TPSA) is 82.1 Å². The quantitative estimate of drug-likeness (QED) is 0.160. The summed E-state index contributed by atoms with van der Waals surface area (Å²) in [5.74, 6) is -0.438. The molecule has 0 aliphatic carbocycles. The van der Waals surface area contributed by atoms with Crippen molar-refractivity contribution in [2.24, 2.45) is 0 Å². The number of thiocarbonyl (C=S) groups is 1. The van der Waals surface area contributed by atoms with Crippen molar-refractivity contribution < 1.29 is 14.6 Å². The molecule has 152 valence electrons. The van der Waals surface area contributed by atoms with Crippen molar-refractivity contribution in [3.63, 3.8) is 0 Å². The van der Waals surface area contributed by atoms with Crippen LogP contribution < -0.4 is 15.0 Å². The van der Waals surface area contributed by atoms with Crippen LogP contribution in [0.3, 0.4) is 0 Å². The third kappa shape index (κ3) is 4.48. The largest absolute Gasteiger partial charge is 0.867 e. The Morgan fingerprint density at radius 3 is 2.47 bits per heavy atom. The van der Waals surface area contributed by atoms with E-state index in [0.29, 0.717) is 16.3 Å². The van der Waals surface area contributed by atoms with Gasteiger partial charge in [-0.2, -0.15) is 4.57 Å². The average Bonchev–Trinajstić information content (AvgIpc) is 2.72. The predicted octanol–water partition coefficient (Wildman–Crippen LogP) is 4.28. The van der Waals surface area contributed by atoms with Crippen LogP contribution in [0.2, 0.25) is 5.02 Å². The molecule has 0 bridgehead atoms. The van der Waals surface area contributed by atoms with Crippen LogP contribution in [-0.2, 0) is 0 Å². The van der Waals surface area contributed by atoms with Gasteiger partial charge in [0.05, 0.1) is 4.92 Å². The van der Waals surface area contributed by atoms with E-state index in [2.05, 4.69) is 5.32 Å². The number of aryl methyl sites for hydroxylation is 1. The Morgan fingerprint density at radius 1 is 1.10 bits per heavy atom. The monoisotopic (exact) mass is 439 g/mol. The van der Waals surface area contributed by atoms with Gasteiger partial charge in [0.25, 0.3) is 5.69 Å². The van der Waals surface area contributed by atoms with Gasteiger partial charge in [0, 0.05) is 34.5 Å². The maximum absolute atomic E-state index is 13.4. The fourth-order valence-corrected chi connectivity index (χ4v) is 3.38. The molecule has 0 radical (unpaired) electrons. The number of pyridine rings is 1. The van der Waals surface area contributed by atoms with Crippen molar-refractivity contribution in [1.29, 1.82) is 0 Å². The van der Waals surface area contributed by atoms with Crippen LogP contribution in [0.5, 0.6) is 0 Å². The summed E-state index contributed by atoms with van der Waals surface area (Å²) in [6, 6.07) is 15.1. The van der Waals surface area contributed by atoms with Gasteiger partial charge in [0.2, 0.25) is 5.70 Å². The Labute approximate surface area is 184 Å². The Kier molecular flexibility index (Phi) is 6.44. The van der Waals surface area contributed by atoms with Crippen molar-refractivity contribution in [2.75, 3.05) is 5.32 Å². The number of benzene rings is 2. The Hall–Kier alpha value is -3.29. The number of hydrogen-bond acceptors (Lipinski definition) is 4. The second-order valence-electron chi connectivity index (χ2n) is 6.59. The number of rotatable bonds is 5. The first kappa shape index (κ1) is 21.4. The highest BCUT2D eigenvalue weighted by Crippen LogP contribution is 2.26. The summed E-state index contributed by atoms with van der Waals surface area (Å²) < 4.78 is 1.59. The van der Waals surface area contributed by atoms with Crippen molar-refractivity contribution in [2.45, 2.75) is 13.8 Å². The van der Waals surface area contributed by atoms with Crippen molar-refractivity contribution in [1.82, 2.24) is 0 Å². The fraction of sp³-hybridized carbons (Fsp3) is 0.0909. The van der Waals surface area contributed by atoms with Crippen LogP contribution in [0, 0.1) is 24.0 Å². The van der Waals surface area contributed by atoms with Gasteiger partial charge >= 0.3 is 0 Å². The summed E-state index contributed by atoms with van der Waals surface area (Å²) in [4.78, 5) is 11.0. The van der Waals surface area contributed by atoms with Gasteiger partial charge in [0.15, 0.2) is 17.4 Å². The molecular weight excluding hydrogens is 422 g/mol. The number of nitrogens with zero attached hydrogens (tertiary/aromatic N) is 2. The maximum atomic E-state index is 13.4. The predicted molar refractivity (Wildman–Crippen MR) is 120 cm³/mol. The molecule has 1 aromatic heterocycles. The van der Waals surface area contributed by atoms with Crippen LogP contribution >= 0.6 is 23.8 Å². The van der Waals surface area contributed by atoms with E-state index in [1.54, 1.807) is 60.3 Å². The third-order valence-electron chi connectivity index (χ3n) is 4.59. The van der Waals surface area contributed by atoms with Gasteiger partial charge in [-0.25, -0.2) is 0 Å². The molecule has 6 nitrogen and oxygen atoms in total. The summed E-state index contributed by atoms with van der Waals surface area (Å²) in [6.07, 6.45) is 3.38. The number of aromatic nitrogens is 1. The first-order valence-electron chi connectivity index (χ1n) is 8.99. The highest BCUT2D eigenvalue weighted by molar-refractivity contribution is 7.81. The zero-order valence-electron chi connectivity index (χ0n) is 16.3. The number of nitrogens with one attached hydrogen (secondary N) is 1. The molecule has 1 N–H and O–H groups in total. The lowest BCUT2D eigenvalue weighted by Crippen LogP contribution is -2.39. The number of anilines is 1. The minimum Gasteiger partial charge on any atom is -0.867 e. The molecule has 8 heteroatoms. The molecule has 0 aliphatic rings. The maximum Gasteiger partial charge on any atom is 0.272 e. The van der Waals surface area contributed by atoms with Gasteiger partial charge in [-0.15, -0.1) is 0 Å². The van der Waals surface area contributed by atoms with E-state index in [-0.39, 0.29) is 21.9 Å². The molecule has 3 rings (SSSR count). The second kappa shape index (κ2) is 9.02. The summed E-state index contributed by atoms with van der Waals surface area (Å²) in [5.41, 5.74) is 2.15. The van der Waals surface area contributed by atoms with Crippen LogP contribution in [0.1, 0.15) is 16.7 Å². The van der Waals surface area contributed by atoms with Crippen LogP contribution in [0.4, 0.5) is 11.4 Å². The Balaban J connectivity index is 2.13. The van der Waals surface area contributed by atoms with Gasteiger partial charge < -0.3 is 10.4 Å². The minimum atomic E-state index is -0.507. The summed E-state index contributed by atoms with van der Waals surface area (Å²) >= 11 is 11.8. The van der Waals surface area contributed by atoms with E-state index in [1.807, 2.05) is 19.1 Å². The Morgan fingerprint density at radius 2 is 1.80 bits per heavy atom. The molecule has 0 fully saturated rings. The highest BCUT2D eigenvalue weighted by atomic mass is 35.5. The van der Waals surface area contributed by atoms with E-state index in [4.69, 9.17) is 23.8 Å². The van der Waals surface area contributed by atoms with Gasteiger partial charge in [-0.1, -0.05) is 48.1 Å². The average molecular weight is 440 g/mol. The van der Waals surface area contributed by atoms with E-state index in [9.17, 15) is 15.2 Å². The first-order valence-corrected chi connectivity index (χ1v) is 9.78. The molecular formula is C22H18ClN3O3S. The minimum absolute atomic E-state index is 0.122. The fourth-order valence-electron chi connectivity index (χ4n) is 2.89. The van der Waals surface area contributed by atoms with E-state index in [1.165, 1.54) is 6.07 Å². The highest BCUT2D eigenvalue weighted by Gasteiger charge is 2.21. The smallest absolute Gasteiger partial charge is 0.272 e. The van der Waals surface area contributed by atoms with Crippen molar-refractivity contribution >= 4 is 51.6 Å². The molecule has 1 heterocycles. The van der Waals surface area contributed by atoms with E-state index < -0.39 is 10.7 Å². The molecule has 0 saturated carbocycles. The zero-order valence-corrected chi connectivity index (χ0v) is 17.8. The van der Waals surface area contributed by atoms with Gasteiger partial charge in [-0.3, -0.25) is 10.1 Å². The van der Waals surface area contributed by atoms with Gasteiger partial charge in [-0.05, 0) is 42.9 Å². The van der Waals surface area contributed by atoms with E-state index >= 15 is 0 Å². The van der Waals surface area contributed by atoms with Crippen LogP contribution in [0.25, 0.3) is 11.5 Å². The summed E-state index contributed by atoms with van der Waals surface area (Å²) in [5, 5.41) is 28.3. The summed E-state index contributed by atoms with van der Waals surface area (Å²) in [6.45, 7) is 3.46. The molecule has 3 aromatic rings. The van der Waals surface area contributed by atoms with Crippen molar-refractivity contribution in [3.05, 3.63) is 98.8 Å². The molecule has 0 amide bonds. The summed E-state index contributed by atoms with van der Waals surface area (Å²) in [7, 11) is 0. The molecule has 0 atom stereocenters. The number of hydrogen-bond donors (Lipinski definition) is 1. The SMILES string of the molecule is Cc1ccc(/C([O-])=C(/C(=S)Nc2cccc(Cl)c2C)[n+]2ccccc2)cc1[N+](=O)[O-]. The molecule has 30 heavy (non-hydrogen) atoms. The number of halogens is 1. The normalized spacial score (nSPS) is 11.6. The lowest BCUT2D eigenvalue weighted by molar-refractivity contribution is -0.577. The van der Waals surface area contributed by atoms with E-state index in [0.717, 1.165) is 5.56 Å². The lowest BCUT2D eigenvalue weighted by Gasteiger charge is -2.18. The Bertz CT molecular complexity index is 1160.